The Morgan fingerprint density at radius 3 is 2.41 bits per heavy atom. The molecule has 1 saturated carbocycles. The van der Waals surface area contributed by atoms with Crippen molar-refractivity contribution < 1.29 is 24.9 Å². The second-order valence-electron chi connectivity index (χ2n) is 6.84. The first kappa shape index (κ1) is 23.1. The minimum absolute atomic E-state index is 0.0785. The quantitative estimate of drug-likeness (QED) is 0.453. The summed E-state index contributed by atoms with van der Waals surface area (Å²) in [5.41, 5.74) is 0. The molecular formula is C22H32O5. The Morgan fingerprint density at radius 1 is 1.15 bits per heavy atom. The minimum atomic E-state index is -0.784. The van der Waals surface area contributed by atoms with Gasteiger partial charge >= 0.3 is 5.97 Å². The highest BCUT2D eigenvalue weighted by molar-refractivity contribution is 5.84. The lowest BCUT2D eigenvalue weighted by atomic mass is 9.90. The number of Topliss-reactive ketones (excluding diaryl/α,β-unsaturated/α-hetero) is 1. The molecule has 0 heterocycles. The monoisotopic (exact) mass is 376 g/mol. The molecule has 0 bridgehead atoms. The number of carbonyl (C=O) groups excluding carboxylic acids is 1. The van der Waals surface area contributed by atoms with E-state index in [2.05, 4.69) is 0 Å². The van der Waals surface area contributed by atoms with Crippen molar-refractivity contribution in [2.24, 2.45) is 11.8 Å². The Morgan fingerprint density at radius 2 is 1.78 bits per heavy atom. The Bertz CT molecular complexity index is 573. The highest BCUT2D eigenvalue weighted by Gasteiger charge is 2.39. The van der Waals surface area contributed by atoms with Crippen molar-refractivity contribution in [1.29, 1.82) is 0 Å². The predicted octanol–water partition coefficient (Wildman–Crippen LogP) is 3.58. The molecule has 0 aromatic heterocycles. The molecule has 27 heavy (non-hydrogen) atoms. The number of carbonyl (C=O) groups is 2. The van der Waals surface area contributed by atoms with Crippen molar-refractivity contribution in [3.63, 3.8) is 0 Å². The summed E-state index contributed by atoms with van der Waals surface area (Å²) in [6, 6.07) is 0. The lowest BCUT2D eigenvalue weighted by molar-refractivity contribution is -0.136. The van der Waals surface area contributed by atoms with Crippen LogP contribution in [0.3, 0.4) is 0 Å². The average molecular weight is 376 g/mol. The van der Waals surface area contributed by atoms with Gasteiger partial charge in [-0.05, 0) is 32.1 Å². The first-order valence-electron chi connectivity index (χ1n) is 9.69. The third-order valence-corrected chi connectivity index (χ3v) is 4.67. The molecule has 1 aliphatic rings. The highest BCUT2D eigenvalue weighted by Crippen LogP contribution is 2.33. The summed E-state index contributed by atoms with van der Waals surface area (Å²) >= 11 is 0. The van der Waals surface area contributed by atoms with Crippen molar-refractivity contribution in [2.45, 2.75) is 64.1 Å². The molecule has 150 valence electrons. The van der Waals surface area contributed by atoms with E-state index in [1.165, 1.54) is 0 Å². The molecule has 3 N–H and O–H groups in total. The van der Waals surface area contributed by atoms with E-state index in [1.54, 1.807) is 12.2 Å². The number of allylic oxidation sites excluding steroid dienone is 6. The third kappa shape index (κ3) is 9.50. The number of carboxylic acids is 1. The van der Waals surface area contributed by atoms with E-state index in [0.717, 1.165) is 12.8 Å². The van der Waals surface area contributed by atoms with E-state index < -0.39 is 18.2 Å². The Hall–Kier alpha value is -1.98. The molecule has 5 nitrogen and oxygen atoms in total. The van der Waals surface area contributed by atoms with E-state index in [0.29, 0.717) is 19.3 Å². The second-order valence-corrected chi connectivity index (χ2v) is 6.84. The molecule has 0 saturated heterocycles. The standard InChI is InChI=1S/C22H32O5/c1-2-17(23)14-15-19-18(20(24)16-21(19)25)12-10-8-6-4-3-5-7-9-11-13-22(26)27/h3-4,7-10,14-15,17-19,21,23,25H,2,5-6,11-13,16H2,1H3,(H,26,27)/b4-3-,9-7-,10-8-,15-14+/t17-,18+,19-,21+/m1/s1. The molecule has 1 rings (SSSR count). The zero-order chi connectivity index (χ0) is 20.1. The number of ketones is 1. The van der Waals surface area contributed by atoms with Crippen LogP contribution >= 0.6 is 0 Å². The number of aliphatic hydroxyl groups is 2. The maximum absolute atomic E-state index is 12.1. The zero-order valence-electron chi connectivity index (χ0n) is 16.0. The van der Waals surface area contributed by atoms with E-state index in [9.17, 15) is 19.8 Å². The second kappa shape index (κ2) is 13.2. The van der Waals surface area contributed by atoms with Gasteiger partial charge in [-0.3, -0.25) is 9.59 Å². The van der Waals surface area contributed by atoms with Gasteiger partial charge in [0.2, 0.25) is 0 Å². The molecular weight excluding hydrogens is 344 g/mol. The minimum Gasteiger partial charge on any atom is -0.481 e. The van der Waals surface area contributed by atoms with Crippen LogP contribution in [0.1, 0.15) is 51.9 Å². The van der Waals surface area contributed by atoms with Gasteiger partial charge < -0.3 is 15.3 Å². The summed E-state index contributed by atoms with van der Waals surface area (Å²) < 4.78 is 0. The van der Waals surface area contributed by atoms with Crippen molar-refractivity contribution >= 4 is 11.8 Å². The summed E-state index contributed by atoms with van der Waals surface area (Å²) in [7, 11) is 0. The number of carboxylic acid groups (broad SMARTS) is 1. The van der Waals surface area contributed by atoms with Crippen LogP contribution < -0.4 is 0 Å². The number of hydrogen-bond donors (Lipinski definition) is 3. The predicted molar refractivity (Wildman–Crippen MR) is 106 cm³/mol. The Kier molecular flexibility index (Phi) is 11.3. The van der Waals surface area contributed by atoms with Crippen molar-refractivity contribution in [2.75, 3.05) is 0 Å². The van der Waals surface area contributed by atoms with Crippen LogP contribution in [0.5, 0.6) is 0 Å². The van der Waals surface area contributed by atoms with E-state index in [4.69, 9.17) is 5.11 Å². The maximum atomic E-state index is 12.1. The van der Waals surface area contributed by atoms with Gasteiger partial charge in [-0.2, -0.15) is 0 Å². The molecule has 0 unspecified atom stereocenters. The lowest BCUT2D eigenvalue weighted by Crippen LogP contribution is -2.18. The van der Waals surface area contributed by atoms with E-state index >= 15 is 0 Å². The lowest BCUT2D eigenvalue weighted by Gasteiger charge is -2.16. The molecule has 1 aliphatic carbocycles. The summed E-state index contributed by atoms with van der Waals surface area (Å²) in [6.07, 6.45) is 17.7. The van der Waals surface area contributed by atoms with Crippen LogP contribution in [-0.4, -0.2) is 39.3 Å². The summed E-state index contributed by atoms with van der Waals surface area (Å²) in [5.74, 6) is -1.16. The molecule has 0 spiro atoms. The van der Waals surface area contributed by atoms with Crippen LogP contribution in [0.2, 0.25) is 0 Å². The molecule has 1 fully saturated rings. The fourth-order valence-corrected chi connectivity index (χ4v) is 3.03. The third-order valence-electron chi connectivity index (χ3n) is 4.67. The molecule has 0 aliphatic heterocycles. The van der Waals surface area contributed by atoms with E-state index in [1.807, 2.05) is 43.4 Å². The van der Waals surface area contributed by atoms with Gasteiger partial charge in [-0.25, -0.2) is 0 Å². The van der Waals surface area contributed by atoms with Crippen molar-refractivity contribution in [3.8, 4) is 0 Å². The summed E-state index contributed by atoms with van der Waals surface area (Å²) in [5, 5.41) is 28.2. The molecule has 0 amide bonds. The first-order chi connectivity index (χ1) is 13.0. The zero-order valence-corrected chi connectivity index (χ0v) is 16.0. The number of aliphatic hydroxyl groups excluding tert-OH is 2. The average Bonchev–Trinajstić information content (AvgIpc) is 2.90. The van der Waals surface area contributed by atoms with Crippen LogP contribution in [0.25, 0.3) is 0 Å². The topological polar surface area (TPSA) is 94.8 Å². The summed E-state index contributed by atoms with van der Waals surface area (Å²) in [4.78, 5) is 22.5. The number of rotatable bonds is 12. The van der Waals surface area contributed by atoms with Gasteiger partial charge in [0.1, 0.15) is 5.78 Å². The molecule has 5 heteroatoms. The number of aliphatic carboxylic acids is 1. The van der Waals surface area contributed by atoms with Crippen molar-refractivity contribution in [1.82, 2.24) is 0 Å². The van der Waals surface area contributed by atoms with Crippen LogP contribution in [0, 0.1) is 11.8 Å². The van der Waals surface area contributed by atoms with Gasteiger partial charge in [0.25, 0.3) is 0 Å². The van der Waals surface area contributed by atoms with Crippen molar-refractivity contribution in [3.05, 3.63) is 48.6 Å². The molecule has 0 aromatic carbocycles. The largest absolute Gasteiger partial charge is 0.481 e. The molecule has 4 atom stereocenters. The van der Waals surface area contributed by atoms with Gasteiger partial charge in [0, 0.05) is 24.7 Å². The normalized spacial score (nSPS) is 24.9. The van der Waals surface area contributed by atoms with Gasteiger partial charge in [0.05, 0.1) is 12.2 Å². The Balaban J connectivity index is 2.35. The van der Waals surface area contributed by atoms with Gasteiger partial charge in [-0.15, -0.1) is 0 Å². The Labute approximate surface area is 161 Å². The van der Waals surface area contributed by atoms with Crippen LogP contribution in [0.4, 0.5) is 0 Å². The highest BCUT2D eigenvalue weighted by atomic mass is 16.4. The SMILES string of the molecule is CC[C@@H](O)/C=C/[C@@H]1[C@H](C/C=C\C/C=C\C/C=C\CCC(=O)O)C(=O)C[C@@H]1O. The number of hydrogen-bond acceptors (Lipinski definition) is 4. The van der Waals surface area contributed by atoms with Gasteiger partial charge in [0.15, 0.2) is 0 Å². The van der Waals surface area contributed by atoms with Crippen LogP contribution in [-0.2, 0) is 9.59 Å². The summed E-state index contributed by atoms with van der Waals surface area (Å²) in [6.45, 7) is 1.88. The first-order valence-corrected chi connectivity index (χ1v) is 9.69. The van der Waals surface area contributed by atoms with E-state index in [-0.39, 0.29) is 30.5 Å². The fourth-order valence-electron chi connectivity index (χ4n) is 3.03. The molecule has 0 aromatic rings. The van der Waals surface area contributed by atoms with Gasteiger partial charge in [-0.1, -0.05) is 55.5 Å². The van der Waals surface area contributed by atoms with Crippen LogP contribution in [0.15, 0.2) is 48.6 Å². The molecule has 0 radical (unpaired) electrons. The smallest absolute Gasteiger partial charge is 0.303 e. The fraction of sp³-hybridized carbons (Fsp3) is 0.545. The maximum Gasteiger partial charge on any atom is 0.303 e.